The van der Waals surface area contributed by atoms with E-state index in [1.165, 1.54) is 19.3 Å². The number of nitrogens with one attached hydrogen (secondary N) is 1. The number of amides is 3. The highest BCUT2D eigenvalue weighted by Gasteiger charge is 2.44. The number of hydrogen-bond donors (Lipinski definition) is 1. The summed E-state index contributed by atoms with van der Waals surface area (Å²) in [5.74, 6) is 0.0853. The maximum atomic E-state index is 13.1. The fourth-order valence-corrected chi connectivity index (χ4v) is 5.30. The predicted octanol–water partition coefficient (Wildman–Crippen LogP) is 2.95. The molecule has 6 heteroatoms. The maximum absolute atomic E-state index is 13.1. The molecule has 1 N–H and O–H groups in total. The van der Waals surface area contributed by atoms with E-state index in [1.807, 2.05) is 40.1 Å². The number of nitrogens with zero attached hydrogens (tertiary/aromatic N) is 3. The normalized spacial score (nSPS) is 25.4. The van der Waals surface area contributed by atoms with Crippen molar-refractivity contribution < 1.29 is 9.59 Å². The number of carbonyl (C=O) groups excluding carboxylic acids is 2. The van der Waals surface area contributed by atoms with Crippen LogP contribution in [0, 0.1) is 0 Å². The third-order valence-electron chi connectivity index (χ3n) is 6.80. The molecular weight excluding hydrogens is 364 g/mol. The molecule has 1 atom stereocenters. The highest BCUT2D eigenvalue weighted by atomic mass is 16.2. The van der Waals surface area contributed by atoms with Gasteiger partial charge in [0.25, 0.3) is 5.91 Å². The molecule has 0 spiro atoms. The SMILES string of the molecule is CC1(C)CN(C(=O)c2ccccc2)C[C@@H]2CN(C(=O)NC3CCCCC3)CCN21. The van der Waals surface area contributed by atoms with Gasteiger partial charge in [-0.1, -0.05) is 37.5 Å². The number of urea groups is 1. The first kappa shape index (κ1) is 20.2. The Morgan fingerprint density at radius 3 is 2.38 bits per heavy atom. The molecule has 0 aromatic heterocycles. The second-order valence-corrected chi connectivity index (χ2v) is 9.44. The van der Waals surface area contributed by atoms with E-state index in [1.54, 1.807) is 0 Å². The molecule has 6 nitrogen and oxygen atoms in total. The topological polar surface area (TPSA) is 55.9 Å². The van der Waals surface area contributed by atoms with Crippen molar-refractivity contribution in [3.8, 4) is 0 Å². The van der Waals surface area contributed by atoms with Crippen molar-refractivity contribution in [3.63, 3.8) is 0 Å². The van der Waals surface area contributed by atoms with Gasteiger partial charge in [0, 0.05) is 55.9 Å². The minimum absolute atomic E-state index is 0.0702. The lowest BCUT2D eigenvalue weighted by atomic mass is 9.92. The highest BCUT2D eigenvalue weighted by molar-refractivity contribution is 5.94. The van der Waals surface area contributed by atoms with E-state index >= 15 is 0 Å². The van der Waals surface area contributed by atoms with Crippen LogP contribution >= 0.6 is 0 Å². The molecule has 0 bridgehead atoms. The second kappa shape index (κ2) is 8.34. The maximum Gasteiger partial charge on any atom is 0.317 e. The Balaban J connectivity index is 1.42. The van der Waals surface area contributed by atoms with Gasteiger partial charge in [-0.25, -0.2) is 4.79 Å². The van der Waals surface area contributed by atoms with Gasteiger partial charge in [0.15, 0.2) is 0 Å². The van der Waals surface area contributed by atoms with Crippen LogP contribution in [0.3, 0.4) is 0 Å². The molecule has 2 saturated heterocycles. The molecule has 158 valence electrons. The summed E-state index contributed by atoms with van der Waals surface area (Å²) in [6, 6.07) is 10.1. The Bertz CT molecular complexity index is 730. The summed E-state index contributed by atoms with van der Waals surface area (Å²) in [4.78, 5) is 32.3. The van der Waals surface area contributed by atoms with Gasteiger partial charge >= 0.3 is 6.03 Å². The Hall–Kier alpha value is -2.08. The summed E-state index contributed by atoms with van der Waals surface area (Å²) in [5.41, 5.74) is 0.638. The molecule has 3 aliphatic rings. The Labute approximate surface area is 174 Å². The van der Waals surface area contributed by atoms with Crippen molar-refractivity contribution in [1.29, 1.82) is 0 Å². The van der Waals surface area contributed by atoms with E-state index in [0.717, 1.165) is 31.5 Å². The van der Waals surface area contributed by atoms with E-state index < -0.39 is 0 Å². The molecule has 4 rings (SSSR count). The quantitative estimate of drug-likeness (QED) is 0.833. The number of piperazine rings is 2. The average Bonchev–Trinajstić information content (AvgIpc) is 2.73. The van der Waals surface area contributed by atoms with Crippen molar-refractivity contribution in [2.24, 2.45) is 0 Å². The molecule has 2 aliphatic heterocycles. The highest BCUT2D eigenvalue weighted by Crippen LogP contribution is 2.29. The van der Waals surface area contributed by atoms with Crippen LogP contribution in [0.2, 0.25) is 0 Å². The number of carbonyl (C=O) groups is 2. The largest absolute Gasteiger partial charge is 0.335 e. The molecular formula is C23H34N4O2. The summed E-state index contributed by atoms with van der Waals surface area (Å²) in [6.45, 7) is 8.11. The van der Waals surface area contributed by atoms with Crippen LogP contribution < -0.4 is 5.32 Å². The third-order valence-corrected chi connectivity index (χ3v) is 6.80. The summed E-state index contributed by atoms with van der Waals surface area (Å²) < 4.78 is 0. The molecule has 2 heterocycles. The molecule has 3 fully saturated rings. The molecule has 1 aliphatic carbocycles. The zero-order valence-electron chi connectivity index (χ0n) is 17.8. The first-order valence-corrected chi connectivity index (χ1v) is 11.1. The van der Waals surface area contributed by atoms with E-state index in [-0.39, 0.29) is 23.5 Å². The zero-order valence-corrected chi connectivity index (χ0v) is 17.8. The van der Waals surface area contributed by atoms with Crippen LogP contribution in [0.25, 0.3) is 0 Å². The van der Waals surface area contributed by atoms with Gasteiger partial charge in [0.1, 0.15) is 0 Å². The number of benzene rings is 1. The number of fused-ring (bicyclic) bond motifs is 1. The first-order chi connectivity index (χ1) is 13.9. The van der Waals surface area contributed by atoms with Crippen molar-refractivity contribution in [2.75, 3.05) is 32.7 Å². The van der Waals surface area contributed by atoms with Crippen LogP contribution in [0.1, 0.15) is 56.3 Å². The standard InChI is InChI=1S/C23H34N4O2/c1-23(2)17-26(21(28)18-9-5-3-6-10-18)16-20-15-25(13-14-27(20)23)22(29)24-19-11-7-4-8-12-19/h3,5-6,9-10,19-20H,4,7-8,11-17H2,1-2H3,(H,24,29)/t20-/m0/s1. The summed E-state index contributed by atoms with van der Waals surface area (Å²) >= 11 is 0. The smallest absolute Gasteiger partial charge is 0.317 e. The van der Waals surface area contributed by atoms with Crippen molar-refractivity contribution in [1.82, 2.24) is 20.0 Å². The van der Waals surface area contributed by atoms with Gasteiger partial charge in [-0.2, -0.15) is 0 Å². The zero-order chi connectivity index (χ0) is 20.4. The van der Waals surface area contributed by atoms with Gasteiger partial charge < -0.3 is 15.1 Å². The van der Waals surface area contributed by atoms with Crippen molar-refractivity contribution in [2.45, 2.75) is 63.6 Å². The summed E-state index contributed by atoms with van der Waals surface area (Å²) in [7, 11) is 0. The van der Waals surface area contributed by atoms with Crippen LogP contribution in [0.5, 0.6) is 0 Å². The lowest BCUT2D eigenvalue weighted by Crippen LogP contribution is -2.71. The van der Waals surface area contributed by atoms with Crippen LogP contribution in [0.4, 0.5) is 4.79 Å². The van der Waals surface area contributed by atoms with E-state index in [2.05, 4.69) is 24.1 Å². The fraction of sp³-hybridized carbons (Fsp3) is 0.652. The minimum Gasteiger partial charge on any atom is -0.335 e. The number of hydrogen-bond acceptors (Lipinski definition) is 3. The van der Waals surface area contributed by atoms with E-state index in [0.29, 0.717) is 25.7 Å². The summed E-state index contributed by atoms with van der Waals surface area (Å²) in [5, 5.41) is 3.25. The van der Waals surface area contributed by atoms with Gasteiger partial charge in [-0.3, -0.25) is 9.69 Å². The molecule has 1 aromatic carbocycles. The van der Waals surface area contributed by atoms with Crippen molar-refractivity contribution >= 4 is 11.9 Å². The van der Waals surface area contributed by atoms with Crippen LogP contribution in [-0.2, 0) is 0 Å². The molecule has 3 amide bonds. The molecule has 1 aromatic rings. The second-order valence-electron chi connectivity index (χ2n) is 9.44. The Morgan fingerprint density at radius 2 is 1.66 bits per heavy atom. The summed E-state index contributed by atoms with van der Waals surface area (Å²) in [6.07, 6.45) is 5.91. The van der Waals surface area contributed by atoms with E-state index in [9.17, 15) is 9.59 Å². The average molecular weight is 399 g/mol. The minimum atomic E-state index is -0.0979. The lowest BCUT2D eigenvalue weighted by molar-refractivity contribution is -0.0483. The first-order valence-electron chi connectivity index (χ1n) is 11.1. The van der Waals surface area contributed by atoms with Gasteiger partial charge in [-0.15, -0.1) is 0 Å². The van der Waals surface area contributed by atoms with Gasteiger partial charge in [-0.05, 0) is 38.8 Å². The van der Waals surface area contributed by atoms with E-state index in [4.69, 9.17) is 0 Å². The Morgan fingerprint density at radius 1 is 0.966 bits per heavy atom. The third kappa shape index (κ3) is 4.42. The van der Waals surface area contributed by atoms with Crippen LogP contribution in [0.15, 0.2) is 30.3 Å². The molecule has 29 heavy (non-hydrogen) atoms. The van der Waals surface area contributed by atoms with Crippen LogP contribution in [-0.4, -0.2) is 77.0 Å². The molecule has 1 saturated carbocycles. The predicted molar refractivity (Wildman–Crippen MR) is 114 cm³/mol. The fourth-order valence-electron chi connectivity index (χ4n) is 5.30. The molecule has 0 unspecified atom stereocenters. The monoisotopic (exact) mass is 398 g/mol. The van der Waals surface area contributed by atoms with Crippen molar-refractivity contribution in [3.05, 3.63) is 35.9 Å². The molecule has 0 radical (unpaired) electrons. The number of rotatable bonds is 2. The van der Waals surface area contributed by atoms with Gasteiger partial charge in [0.2, 0.25) is 0 Å². The lowest BCUT2D eigenvalue weighted by Gasteiger charge is -2.55. The Kier molecular flexibility index (Phi) is 5.81. The van der Waals surface area contributed by atoms with Gasteiger partial charge in [0.05, 0.1) is 0 Å².